The van der Waals surface area contributed by atoms with Crippen LogP contribution in [0, 0.1) is 13.8 Å². The molecule has 0 aliphatic rings. The van der Waals surface area contributed by atoms with E-state index >= 15 is 0 Å². The number of aryl methyl sites for hydroxylation is 2. The van der Waals surface area contributed by atoms with Gasteiger partial charge in [-0.1, -0.05) is 18.2 Å². The van der Waals surface area contributed by atoms with Crippen LogP contribution in [0.4, 0.5) is 0 Å². The van der Waals surface area contributed by atoms with Crippen molar-refractivity contribution in [2.75, 3.05) is 0 Å². The highest BCUT2D eigenvalue weighted by atomic mass is 16.3. The maximum absolute atomic E-state index is 9.18. The zero-order valence-electron chi connectivity index (χ0n) is 8.95. The summed E-state index contributed by atoms with van der Waals surface area (Å²) in [6.45, 7) is 3.97. The molecule has 1 aromatic carbocycles. The minimum absolute atomic E-state index is 0.420. The number of para-hydroxylation sites is 1. The van der Waals surface area contributed by atoms with Crippen LogP contribution in [-0.4, -0.2) is 11.3 Å². The van der Waals surface area contributed by atoms with Gasteiger partial charge in [-0.05, 0) is 25.0 Å². The third kappa shape index (κ3) is 1.76. The zero-order valence-corrected chi connectivity index (χ0v) is 8.95. The average Bonchev–Trinajstić information content (AvgIpc) is 2.45. The largest absolute Gasteiger partial charge is 0.461 e. The van der Waals surface area contributed by atoms with E-state index in [0.717, 1.165) is 27.9 Å². The van der Waals surface area contributed by atoms with Crippen molar-refractivity contribution in [3.05, 3.63) is 35.1 Å². The van der Waals surface area contributed by atoms with E-state index in [0.29, 0.717) is 6.42 Å². The highest BCUT2D eigenvalue weighted by molar-refractivity contribution is 5.84. The summed E-state index contributed by atoms with van der Waals surface area (Å²) in [5.74, 6) is 0.920. The summed E-state index contributed by atoms with van der Waals surface area (Å²) in [5.41, 5.74) is 8.33. The molecule has 1 heterocycles. The van der Waals surface area contributed by atoms with Crippen LogP contribution < -0.4 is 5.73 Å². The van der Waals surface area contributed by atoms with Crippen molar-refractivity contribution in [3.8, 4) is 0 Å². The monoisotopic (exact) mass is 205 g/mol. The fourth-order valence-electron chi connectivity index (χ4n) is 1.81. The normalized spacial score (nSPS) is 13.3. The Morgan fingerprint density at radius 2 is 2.13 bits per heavy atom. The van der Waals surface area contributed by atoms with Gasteiger partial charge in [0.05, 0.1) is 0 Å². The maximum atomic E-state index is 9.18. The van der Waals surface area contributed by atoms with Gasteiger partial charge in [-0.2, -0.15) is 0 Å². The van der Waals surface area contributed by atoms with Crippen LogP contribution in [0.2, 0.25) is 0 Å². The smallest absolute Gasteiger partial charge is 0.137 e. The quantitative estimate of drug-likeness (QED) is 0.736. The molecule has 0 fully saturated rings. The second kappa shape index (κ2) is 3.68. The summed E-state index contributed by atoms with van der Waals surface area (Å²) < 4.78 is 5.66. The fourth-order valence-corrected chi connectivity index (χ4v) is 1.81. The summed E-state index contributed by atoms with van der Waals surface area (Å²) >= 11 is 0. The summed E-state index contributed by atoms with van der Waals surface area (Å²) in [7, 11) is 0. The van der Waals surface area contributed by atoms with Crippen molar-refractivity contribution in [1.29, 1.82) is 0 Å². The molecule has 0 bridgehead atoms. The van der Waals surface area contributed by atoms with Gasteiger partial charge in [0, 0.05) is 11.8 Å². The van der Waals surface area contributed by atoms with E-state index in [-0.39, 0.29) is 0 Å². The highest BCUT2D eigenvalue weighted by Gasteiger charge is 2.11. The fraction of sp³-hybridized carbons (Fsp3) is 0.333. The van der Waals surface area contributed by atoms with Gasteiger partial charge in [0.1, 0.15) is 17.6 Å². The molecule has 1 aromatic heterocycles. The molecule has 3 nitrogen and oxygen atoms in total. The lowest BCUT2D eigenvalue weighted by Gasteiger charge is -2.04. The predicted octanol–water partition coefficient (Wildman–Crippen LogP) is 1.87. The number of rotatable bonds is 2. The molecule has 0 saturated carbocycles. The first kappa shape index (κ1) is 10.2. The number of fused-ring (bicyclic) bond motifs is 1. The molecule has 1 unspecified atom stereocenters. The molecule has 1 atom stereocenters. The lowest BCUT2D eigenvalue weighted by molar-refractivity contribution is 0.183. The Bertz CT molecular complexity index is 486. The van der Waals surface area contributed by atoms with Crippen molar-refractivity contribution in [2.24, 2.45) is 5.73 Å². The molecule has 0 radical (unpaired) electrons. The molecule has 0 amide bonds. The number of nitrogens with two attached hydrogens (primary N) is 1. The van der Waals surface area contributed by atoms with Crippen LogP contribution in [0.15, 0.2) is 22.6 Å². The number of furan rings is 1. The minimum Gasteiger partial charge on any atom is -0.461 e. The van der Waals surface area contributed by atoms with E-state index < -0.39 is 6.23 Å². The van der Waals surface area contributed by atoms with Gasteiger partial charge < -0.3 is 15.3 Å². The third-order valence-electron chi connectivity index (χ3n) is 2.71. The second-order valence-electron chi connectivity index (χ2n) is 3.85. The Morgan fingerprint density at radius 3 is 2.80 bits per heavy atom. The molecule has 3 N–H and O–H groups in total. The molecule has 3 heteroatoms. The van der Waals surface area contributed by atoms with E-state index in [1.54, 1.807) is 0 Å². The van der Waals surface area contributed by atoms with Crippen molar-refractivity contribution in [2.45, 2.75) is 26.5 Å². The number of benzene rings is 1. The molecular formula is C12H15NO2. The van der Waals surface area contributed by atoms with Crippen LogP contribution in [-0.2, 0) is 6.42 Å². The van der Waals surface area contributed by atoms with Gasteiger partial charge in [-0.25, -0.2) is 0 Å². The van der Waals surface area contributed by atoms with Crippen LogP contribution in [0.3, 0.4) is 0 Å². The zero-order chi connectivity index (χ0) is 11.0. The maximum Gasteiger partial charge on any atom is 0.137 e. The Morgan fingerprint density at radius 1 is 1.40 bits per heavy atom. The lowest BCUT2D eigenvalue weighted by atomic mass is 10.1. The SMILES string of the molecule is Cc1oc2c(CC(N)O)cccc2c1C. The van der Waals surface area contributed by atoms with Crippen molar-refractivity contribution >= 4 is 11.0 Å². The van der Waals surface area contributed by atoms with Gasteiger partial charge in [-0.15, -0.1) is 0 Å². The van der Waals surface area contributed by atoms with Crippen molar-refractivity contribution < 1.29 is 9.52 Å². The molecule has 0 aliphatic carbocycles. The number of aliphatic hydroxyl groups is 1. The Balaban J connectivity index is 2.61. The molecule has 2 rings (SSSR count). The topological polar surface area (TPSA) is 59.4 Å². The highest BCUT2D eigenvalue weighted by Crippen LogP contribution is 2.27. The van der Waals surface area contributed by atoms with Gasteiger partial charge >= 0.3 is 0 Å². The minimum atomic E-state index is -0.832. The Labute approximate surface area is 88.5 Å². The van der Waals surface area contributed by atoms with Gasteiger partial charge in [-0.3, -0.25) is 0 Å². The van der Waals surface area contributed by atoms with Crippen LogP contribution in [0.25, 0.3) is 11.0 Å². The number of hydrogen-bond donors (Lipinski definition) is 2. The molecule has 0 aliphatic heterocycles. The Hall–Kier alpha value is -1.32. The molecular weight excluding hydrogens is 190 g/mol. The van der Waals surface area contributed by atoms with E-state index in [4.69, 9.17) is 10.2 Å². The van der Waals surface area contributed by atoms with Gasteiger partial charge in [0.2, 0.25) is 0 Å². The van der Waals surface area contributed by atoms with Gasteiger partial charge in [0.15, 0.2) is 0 Å². The molecule has 2 aromatic rings. The van der Waals surface area contributed by atoms with Crippen molar-refractivity contribution in [1.82, 2.24) is 0 Å². The summed E-state index contributed by atoms with van der Waals surface area (Å²) in [4.78, 5) is 0. The van der Waals surface area contributed by atoms with E-state index in [9.17, 15) is 5.11 Å². The van der Waals surface area contributed by atoms with Crippen LogP contribution in [0.1, 0.15) is 16.9 Å². The van der Waals surface area contributed by atoms with E-state index in [2.05, 4.69) is 0 Å². The molecule has 80 valence electrons. The second-order valence-corrected chi connectivity index (χ2v) is 3.85. The average molecular weight is 205 g/mol. The van der Waals surface area contributed by atoms with Crippen LogP contribution >= 0.6 is 0 Å². The Kier molecular flexibility index (Phi) is 2.50. The molecule has 15 heavy (non-hydrogen) atoms. The molecule has 0 saturated heterocycles. The predicted molar refractivity (Wildman–Crippen MR) is 59.6 cm³/mol. The third-order valence-corrected chi connectivity index (χ3v) is 2.71. The van der Waals surface area contributed by atoms with Gasteiger partial charge in [0.25, 0.3) is 0 Å². The first-order valence-electron chi connectivity index (χ1n) is 5.01. The van der Waals surface area contributed by atoms with Crippen molar-refractivity contribution in [3.63, 3.8) is 0 Å². The first-order chi connectivity index (χ1) is 7.09. The standard InChI is InChI=1S/C12H15NO2/c1-7-8(2)15-12-9(6-11(13)14)4-3-5-10(7)12/h3-5,11,14H,6,13H2,1-2H3. The summed E-state index contributed by atoms with van der Waals surface area (Å²) in [6, 6.07) is 5.91. The van der Waals surface area contributed by atoms with E-state index in [1.807, 2.05) is 32.0 Å². The first-order valence-corrected chi connectivity index (χ1v) is 5.01. The lowest BCUT2D eigenvalue weighted by Crippen LogP contribution is -2.21. The van der Waals surface area contributed by atoms with Crippen LogP contribution in [0.5, 0.6) is 0 Å². The number of hydrogen-bond acceptors (Lipinski definition) is 3. The summed E-state index contributed by atoms with van der Waals surface area (Å²) in [5, 5.41) is 10.3. The molecule has 0 spiro atoms. The summed E-state index contributed by atoms with van der Waals surface area (Å²) in [6.07, 6.45) is -0.412. The van der Waals surface area contributed by atoms with E-state index in [1.165, 1.54) is 0 Å². The number of aliphatic hydroxyl groups excluding tert-OH is 1.